The van der Waals surface area contributed by atoms with Crippen molar-refractivity contribution in [1.82, 2.24) is 4.98 Å². The Bertz CT molecular complexity index is 540. The number of hydrogen-bond donors (Lipinski definition) is 0. The van der Waals surface area contributed by atoms with Crippen molar-refractivity contribution in [3.63, 3.8) is 0 Å². The first-order valence-electron chi connectivity index (χ1n) is 5.96. The van der Waals surface area contributed by atoms with E-state index < -0.39 is 0 Å². The normalized spacial score (nSPS) is 9.95. The molecule has 0 aliphatic carbocycles. The Kier molecular flexibility index (Phi) is 4.50. The Balaban J connectivity index is 1.87. The van der Waals surface area contributed by atoms with E-state index in [0.717, 1.165) is 17.0 Å². The third-order valence-corrected chi connectivity index (χ3v) is 2.59. The zero-order chi connectivity index (χ0) is 13.5. The summed E-state index contributed by atoms with van der Waals surface area (Å²) in [7, 11) is 1.60. The molecule has 4 nitrogen and oxygen atoms in total. The first-order valence-corrected chi connectivity index (χ1v) is 5.96. The molecule has 0 unspecified atom stereocenters. The van der Waals surface area contributed by atoms with Crippen molar-refractivity contribution in [3.05, 3.63) is 59.9 Å². The fraction of sp³-hybridized carbons (Fsp3) is 0.200. The van der Waals surface area contributed by atoms with E-state index in [1.165, 1.54) is 0 Å². The van der Waals surface area contributed by atoms with Gasteiger partial charge in [0.2, 0.25) is 0 Å². The second-order valence-electron chi connectivity index (χ2n) is 4.01. The Morgan fingerprint density at radius 2 is 2.11 bits per heavy atom. The number of nitrogens with zero attached hydrogens (tertiary/aromatic N) is 1. The van der Waals surface area contributed by atoms with Gasteiger partial charge in [0.25, 0.3) is 0 Å². The van der Waals surface area contributed by atoms with Gasteiger partial charge in [-0.05, 0) is 29.8 Å². The lowest BCUT2D eigenvalue weighted by Crippen LogP contribution is -2.08. The molecule has 0 radical (unpaired) electrons. The van der Waals surface area contributed by atoms with Crippen molar-refractivity contribution in [2.75, 3.05) is 7.11 Å². The van der Waals surface area contributed by atoms with Crippen LogP contribution in [-0.2, 0) is 22.6 Å². The molecule has 0 amide bonds. The molecular formula is C15H15NO3. The lowest BCUT2D eigenvalue weighted by molar-refractivity contribution is -0.144. The van der Waals surface area contributed by atoms with Crippen LogP contribution in [0.4, 0.5) is 0 Å². The van der Waals surface area contributed by atoms with E-state index in [-0.39, 0.29) is 19.0 Å². The minimum absolute atomic E-state index is 0.198. The number of ether oxygens (including phenoxy) is 2. The van der Waals surface area contributed by atoms with Crippen LogP contribution in [0.25, 0.3) is 0 Å². The van der Waals surface area contributed by atoms with E-state index in [9.17, 15) is 4.79 Å². The molecule has 1 aromatic heterocycles. The highest BCUT2D eigenvalue weighted by molar-refractivity contribution is 5.72. The summed E-state index contributed by atoms with van der Waals surface area (Å²) < 4.78 is 10.3. The van der Waals surface area contributed by atoms with Gasteiger partial charge in [0.05, 0.1) is 19.2 Å². The largest absolute Gasteiger partial charge is 0.497 e. The van der Waals surface area contributed by atoms with Crippen LogP contribution in [0, 0.1) is 0 Å². The smallest absolute Gasteiger partial charge is 0.310 e. The maximum atomic E-state index is 11.7. The van der Waals surface area contributed by atoms with Gasteiger partial charge >= 0.3 is 5.97 Å². The Hall–Kier alpha value is -2.36. The van der Waals surface area contributed by atoms with E-state index in [2.05, 4.69) is 4.98 Å². The minimum atomic E-state index is -0.279. The Labute approximate surface area is 112 Å². The highest BCUT2D eigenvalue weighted by atomic mass is 16.5. The van der Waals surface area contributed by atoms with Crippen LogP contribution < -0.4 is 4.74 Å². The maximum Gasteiger partial charge on any atom is 0.310 e. The molecule has 4 heteroatoms. The summed E-state index contributed by atoms with van der Waals surface area (Å²) in [5.41, 5.74) is 1.60. The van der Waals surface area contributed by atoms with E-state index in [4.69, 9.17) is 9.47 Å². The predicted molar refractivity (Wildman–Crippen MR) is 70.7 cm³/mol. The van der Waals surface area contributed by atoms with Crippen LogP contribution in [0.3, 0.4) is 0 Å². The molecule has 1 heterocycles. The van der Waals surface area contributed by atoms with Gasteiger partial charge < -0.3 is 9.47 Å². The summed E-state index contributed by atoms with van der Waals surface area (Å²) in [5, 5.41) is 0. The molecule has 0 saturated heterocycles. The third-order valence-electron chi connectivity index (χ3n) is 2.59. The predicted octanol–water partition coefficient (Wildman–Crippen LogP) is 2.38. The number of benzene rings is 1. The summed E-state index contributed by atoms with van der Waals surface area (Å²) in [4.78, 5) is 15.8. The van der Waals surface area contributed by atoms with Crippen molar-refractivity contribution in [1.29, 1.82) is 0 Å². The standard InChI is InChI=1S/C15H15NO3/c1-18-14-7-4-5-12(9-14)10-15(17)19-11-13-6-2-3-8-16-13/h2-9H,10-11H2,1H3. The molecule has 1 aromatic carbocycles. The second kappa shape index (κ2) is 6.54. The lowest BCUT2D eigenvalue weighted by atomic mass is 10.1. The molecule has 0 bridgehead atoms. The van der Waals surface area contributed by atoms with Crippen molar-refractivity contribution in [2.24, 2.45) is 0 Å². The summed E-state index contributed by atoms with van der Waals surface area (Å²) in [5.74, 6) is 0.453. The number of aromatic nitrogens is 1. The molecular weight excluding hydrogens is 242 g/mol. The SMILES string of the molecule is COc1cccc(CC(=O)OCc2ccccn2)c1. The van der Waals surface area contributed by atoms with Crippen LogP contribution in [0.2, 0.25) is 0 Å². The molecule has 0 N–H and O–H groups in total. The number of carbonyl (C=O) groups is 1. The van der Waals surface area contributed by atoms with E-state index in [1.807, 2.05) is 42.5 Å². The fourth-order valence-corrected chi connectivity index (χ4v) is 1.64. The first kappa shape index (κ1) is 13.1. The zero-order valence-electron chi connectivity index (χ0n) is 10.7. The molecule has 0 fully saturated rings. The molecule has 0 spiro atoms. The van der Waals surface area contributed by atoms with Gasteiger partial charge in [0.1, 0.15) is 12.4 Å². The molecule has 0 atom stereocenters. The van der Waals surface area contributed by atoms with Crippen molar-refractivity contribution >= 4 is 5.97 Å². The number of rotatable bonds is 5. The molecule has 0 aliphatic heterocycles. The van der Waals surface area contributed by atoms with Gasteiger partial charge in [-0.25, -0.2) is 0 Å². The molecule has 0 aliphatic rings. The van der Waals surface area contributed by atoms with Crippen LogP contribution in [-0.4, -0.2) is 18.1 Å². The van der Waals surface area contributed by atoms with E-state index >= 15 is 0 Å². The summed E-state index contributed by atoms with van der Waals surface area (Å²) in [6, 6.07) is 12.9. The van der Waals surface area contributed by atoms with Gasteiger partial charge in [0.15, 0.2) is 0 Å². The Morgan fingerprint density at radius 1 is 1.21 bits per heavy atom. The number of methoxy groups -OCH3 is 1. The van der Waals surface area contributed by atoms with Crippen LogP contribution >= 0.6 is 0 Å². The van der Waals surface area contributed by atoms with Gasteiger partial charge in [-0.3, -0.25) is 9.78 Å². The van der Waals surface area contributed by atoms with Crippen molar-refractivity contribution in [3.8, 4) is 5.75 Å². The number of esters is 1. The average Bonchev–Trinajstić information content (AvgIpc) is 2.46. The molecule has 19 heavy (non-hydrogen) atoms. The van der Waals surface area contributed by atoms with Gasteiger partial charge in [-0.15, -0.1) is 0 Å². The highest BCUT2D eigenvalue weighted by Crippen LogP contribution is 2.13. The minimum Gasteiger partial charge on any atom is -0.497 e. The average molecular weight is 257 g/mol. The summed E-state index contributed by atoms with van der Waals surface area (Å²) >= 11 is 0. The quantitative estimate of drug-likeness (QED) is 0.772. The number of carbonyl (C=O) groups excluding carboxylic acids is 1. The van der Waals surface area contributed by atoms with Gasteiger partial charge in [-0.1, -0.05) is 18.2 Å². The van der Waals surface area contributed by atoms with Crippen LogP contribution in [0.15, 0.2) is 48.7 Å². The Morgan fingerprint density at radius 3 is 2.84 bits per heavy atom. The van der Waals surface area contributed by atoms with E-state index in [0.29, 0.717) is 0 Å². The number of hydrogen-bond acceptors (Lipinski definition) is 4. The monoisotopic (exact) mass is 257 g/mol. The van der Waals surface area contributed by atoms with Gasteiger partial charge in [-0.2, -0.15) is 0 Å². The van der Waals surface area contributed by atoms with Gasteiger partial charge in [0, 0.05) is 6.20 Å². The molecule has 2 aromatic rings. The van der Waals surface area contributed by atoms with Crippen molar-refractivity contribution in [2.45, 2.75) is 13.0 Å². The third kappa shape index (κ3) is 4.10. The number of pyridine rings is 1. The summed E-state index contributed by atoms with van der Waals surface area (Å²) in [6.45, 7) is 0.198. The summed E-state index contributed by atoms with van der Waals surface area (Å²) in [6.07, 6.45) is 1.90. The van der Waals surface area contributed by atoms with Crippen LogP contribution in [0.5, 0.6) is 5.75 Å². The fourth-order valence-electron chi connectivity index (χ4n) is 1.64. The maximum absolute atomic E-state index is 11.7. The highest BCUT2D eigenvalue weighted by Gasteiger charge is 2.06. The molecule has 0 saturated carbocycles. The molecule has 98 valence electrons. The first-order chi connectivity index (χ1) is 9.28. The zero-order valence-corrected chi connectivity index (χ0v) is 10.7. The van der Waals surface area contributed by atoms with Crippen molar-refractivity contribution < 1.29 is 14.3 Å². The molecule has 2 rings (SSSR count). The topological polar surface area (TPSA) is 48.4 Å². The van der Waals surface area contributed by atoms with Crippen LogP contribution in [0.1, 0.15) is 11.3 Å². The lowest BCUT2D eigenvalue weighted by Gasteiger charge is -2.05. The van der Waals surface area contributed by atoms with E-state index in [1.54, 1.807) is 13.3 Å². The second-order valence-corrected chi connectivity index (χ2v) is 4.01.